The van der Waals surface area contributed by atoms with Crippen LogP contribution < -0.4 is 5.32 Å². The molecule has 10 heteroatoms. The van der Waals surface area contributed by atoms with Crippen LogP contribution in [0.15, 0.2) is 24.3 Å². The fraction of sp³-hybridized carbons (Fsp3) is 0.750. The van der Waals surface area contributed by atoms with E-state index in [0.717, 1.165) is 0 Å². The highest BCUT2D eigenvalue weighted by Crippen LogP contribution is 2.79. The van der Waals surface area contributed by atoms with Crippen LogP contribution in [0.3, 0.4) is 0 Å². The molecule has 6 fully saturated rings. The first-order chi connectivity index (χ1) is 20.1. The predicted octanol–water partition coefficient (Wildman–Crippen LogP) is 2.22. The molecule has 1 aliphatic heterocycles. The molecular formula is C32H44N2O8. The molecule has 1 aromatic carbocycles. The lowest BCUT2D eigenvalue weighted by Gasteiger charge is -2.70. The van der Waals surface area contributed by atoms with E-state index >= 15 is 0 Å². The summed E-state index contributed by atoms with van der Waals surface area (Å²) >= 11 is 0. The zero-order chi connectivity index (χ0) is 29.8. The first kappa shape index (κ1) is 28.7. The lowest BCUT2D eigenvalue weighted by Crippen LogP contribution is -2.83. The van der Waals surface area contributed by atoms with Gasteiger partial charge in [0.2, 0.25) is 5.91 Å². The van der Waals surface area contributed by atoms with Crippen molar-refractivity contribution >= 4 is 17.6 Å². The smallest absolute Gasteiger partial charge is 0.340 e. The quantitative estimate of drug-likeness (QED) is 0.414. The largest absolute Gasteiger partial charge is 0.454 e. The number of carbonyl (C=O) groups is 2. The average Bonchev–Trinajstić information content (AvgIpc) is 3.39. The number of ether oxygens (including phenoxy) is 4. The van der Waals surface area contributed by atoms with E-state index in [4.69, 9.17) is 18.9 Å². The van der Waals surface area contributed by atoms with Gasteiger partial charge in [-0.15, -0.1) is 0 Å². The lowest BCUT2D eigenvalue weighted by atomic mass is 9.44. The molecule has 12 atom stereocenters. The molecule has 6 aliphatic rings. The molecule has 42 heavy (non-hydrogen) atoms. The van der Waals surface area contributed by atoms with Crippen LogP contribution in [0.25, 0.3) is 0 Å². The Morgan fingerprint density at radius 3 is 2.50 bits per heavy atom. The Morgan fingerprint density at radius 2 is 1.83 bits per heavy atom. The number of anilines is 1. The maximum atomic E-state index is 14.0. The second kappa shape index (κ2) is 9.46. The molecule has 5 saturated carbocycles. The number of likely N-dealkylation sites (tertiary alicyclic amines) is 1. The first-order valence-electron chi connectivity index (χ1n) is 15.4. The fourth-order valence-corrected chi connectivity index (χ4v) is 11.6. The maximum absolute atomic E-state index is 14.0. The third-order valence-electron chi connectivity index (χ3n) is 12.6. The highest BCUT2D eigenvalue weighted by molar-refractivity contribution is 6.00. The van der Waals surface area contributed by atoms with Gasteiger partial charge in [-0.1, -0.05) is 19.1 Å². The standard InChI is InChI=1S/C32H44N2O8/c1-6-34-16-29(42-28(36)18-9-7-8-10-21(18)33-17(2)35)12-11-25(40-4)31-23(29)14-20(26(31)34)30(37)15-22(39-3)19-13-24(31)32(30,38)27(19)41-5/h7-10,19-20,22-27,37-38H,6,11-16H2,1-5H3,(H,33,35)/t19-,20-,22-,23-,24+,25+,26+,27+,29-,30+,31-,32-/m1/s1. The summed E-state index contributed by atoms with van der Waals surface area (Å²) in [4.78, 5) is 28.3. The van der Waals surface area contributed by atoms with Crippen LogP contribution in [-0.2, 0) is 23.7 Å². The number of aliphatic hydroxyl groups is 2. The minimum Gasteiger partial charge on any atom is -0.454 e. The average molecular weight is 585 g/mol. The summed E-state index contributed by atoms with van der Waals surface area (Å²) in [6.45, 7) is 4.79. The van der Waals surface area contributed by atoms with E-state index in [1.165, 1.54) is 6.92 Å². The fourth-order valence-electron chi connectivity index (χ4n) is 11.6. The molecule has 10 nitrogen and oxygen atoms in total. The maximum Gasteiger partial charge on any atom is 0.340 e. The minimum atomic E-state index is -1.48. The van der Waals surface area contributed by atoms with E-state index in [1.54, 1.807) is 45.6 Å². The molecule has 7 bridgehead atoms. The highest BCUT2D eigenvalue weighted by atomic mass is 16.6. The molecule has 1 aromatic rings. The van der Waals surface area contributed by atoms with Crippen molar-refractivity contribution in [2.45, 2.75) is 87.1 Å². The number of piperidine rings is 1. The number of nitrogens with zero attached hydrogens (tertiary/aromatic N) is 1. The molecule has 5 aliphatic carbocycles. The highest BCUT2D eigenvalue weighted by Gasteiger charge is 2.89. The second-order valence-electron chi connectivity index (χ2n) is 13.7. The summed E-state index contributed by atoms with van der Waals surface area (Å²) in [7, 11) is 5.05. The van der Waals surface area contributed by atoms with Crippen LogP contribution in [0, 0.1) is 29.1 Å². The van der Waals surface area contributed by atoms with E-state index in [1.807, 2.05) is 0 Å². The normalized spacial score (nSPS) is 48.2. The van der Waals surface area contributed by atoms with E-state index in [0.29, 0.717) is 56.4 Å². The van der Waals surface area contributed by atoms with Crippen LogP contribution in [0.4, 0.5) is 5.69 Å². The number of hydrogen-bond donors (Lipinski definition) is 3. The number of likely N-dealkylation sites (N-methyl/N-ethyl adjacent to an activating group) is 1. The van der Waals surface area contributed by atoms with Crippen LogP contribution in [0.2, 0.25) is 0 Å². The van der Waals surface area contributed by atoms with Crippen LogP contribution in [0.1, 0.15) is 56.3 Å². The van der Waals surface area contributed by atoms with Gasteiger partial charge in [-0.25, -0.2) is 4.79 Å². The molecule has 0 unspecified atom stereocenters. The number of hydrogen-bond acceptors (Lipinski definition) is 9. The third kappa shape index (κ3) is 3.21. The Labute approximate surface area is 247 Å². The molecule has 0 radical (unpaired) electrons. The Morgan fingerprint density at radius 1 is 1.07 bits per heavy atom. The van der Waals surface area contributed by atoms with Crippen molar-refractivity contribution in [3.63, 3.8) is 0 Å². The van der Waals surface area contributed by atoms with Gasteiger partial charge in [-0.05, 0) is 44.4 Å². The molecule has 7 rings (SSSR count). The van der Waals surface area contributed by atoms with Gasteiger partial charge in [0.15, 0.2) is 0 Å². The van der Waals surface area contributed by atoms with Gasteiger partial charge in [0, 0.05) is 76.3 Å². The summed E-state index contributed by atoms with van der Waals surface area (Å²) < 4.78 is 25.1. The molecular weight excluding hydrogens is 540 g/mol. The number of methoxy groups -OCH3 is 3. The van der Waals surface area contributed by atoms with Gasteiger partial charge in [0.05, 0.1) is 29.6 Å². The number of amides is 1. The molecule has 1 spiro atoms. The zero-order valence-corrected chi connectivity index (χ0v) is 25.2. The van der Waals surface area contributed by atoms with Crippen molar-refractivity contribution in [3.05, 3.63) is 29.8 Å². The van der Waals surface area contributed by atoms with Crippen LogP contribution >= 0.6 is 0 Å². The van der Waals surface area contributed by atoms with Crippen LogP contribution in [-0.4, -0.2) is 103 Å². The second-order valence-corrected chi connectivity index (χ2v) is 13.7. The number of esters is 1. The Balaban J connectivity index is 1.38. The molecule has 3 N–H and O–H groups in total. The summed E-state index contributed by atoms with van der Waals surface area (Å²) in [6.07, 6.45) is 1.91. The third-order valence-corrected chi connectivity index (χ3v) is 12.6. The number of carbonyl (C=O) groups excluding carboxylic acids is 2. The Bertz CT molecular complexity index is 1290. The summed E-state index contributed by atoms with van der Waals surface area (Å²) in [5.74, 6) is -1.54. The topological polar surface area (TPSA) is 127 Å². The van der Waals surface area contributed by atoms with E-state index in [2.05, 4.69) is 17.1 Å². The van der Waals surface area contributed by atoms with E-state index in [9.17, 15) is 19.8 Å². The van der Waals surface area contributed by atoms with Crippen molar-refractivity contribution in [1.82, 2.24) is 4.90 Å². The Hall–Kier alpha value is -2.08. The Kier molecular flexibility index (Phi) is 6.46. The molecule has 1 saturated heterocycles. The van der Waals surface area contributed by atoms with Gasteiger partial charge >= 0.3 is 5.97 Å². The number of nitrogens with one attached hydrogen (secondary N) is 1. The van der Waals surface area contributed by atoms with Crippen molar-refractivity contribution in [2.24, 2.45) is 29.1 Å². The van der Waals surface area contributed by atoms with Gasteiger partial charge in [0.1, 0.15) is 16.8 Å². The van der Waals surface area contributed by atoms with Gasteiger partial charge in [0.25, 0.3) is 0 Å². The van der Waals surface area contributed by atoms with E-state index in [-0.39, 0.29) is 47.8 Å². The SMILES string of the molecule is CCN1C[C@]2(OC(=O)c3ccccc3NC(C)=O)CC[C@H](OC)[C@@]34[C@@H]1[C@@H](C[C@H]23)[C@@]1(O)C[C@@H](OC)[C@H]2C[C@@H]4[C@@]1(O)[C@H]2OC. The number of benzene rings is 1. The number of para-hydroxylation sites is 1. The van der Waals surface area contributed by atoms with E-state index < -0.39 is 34.3 Å². The van der Waals surface area contributed by atoms with Crippen molar-refractivity contribution < 1.29 is 38.7 Å². The summed E-state index contributed by atoms with van der Waals surface area (Å²) in [5, 5.41) is 28.4. The van der Waals surface area contributed by atoms with Crippen molar-refractivity contribution in [3.8, 4) is 0 Å². The van der Waals surface area contributed by atoms with Gasteiger partial charge < -0.3 is 34.5 Å². The number of rotatable bonds is 7. The van der Waals surface area contributed by atoms with Crippen LogP contribution in [0.5, 0.6) is 0 Å². The predicted molar refractivity (Wildman–Crippen MR) is 152 cm³/mol. The lowest BCUT2D eigenvalue weighted by molar-refractivity contribution is -0.337. The first-order valence-corrected chi connectivity index (χ1v) is 15.4. The molecule has 0 aromatic heterocycles. The minimum absolute atomic E-state index is 0.0432. The summed E-state index contributed by atoms with van der Waals surface area (Å²) in [6, 6.07) is 6.89. The molecule has 1 heterocycles. The molecule has 1 amide bonds. The molecule has 230 valence electrons. The van der Waals surface area contributed by atoms with Crippen molar-refractivity contribution in [2.75, 3.05) is 39.7 Å². The van der Waals surface area contributed by atoms with Gasteiger partial charge in [-0.3, -0.25) is 9.69 Å². The van der Waals surface area contributed by atoms with Gasteiger partial charge in [-0.2, -0.15) is 0 Å². The zero-order valence-electron chi connectivity index (χ0n) is 25.2. The monoisotopic (exact) mass is 584 g/mol. The summed E-state index contributed by atoms with van der Waals surface area (Å²) in [5.41, 5.74) is -3.57. The number of fused-ring (bicyclic) bond motifs is 2. The van der Waals surface area contributed by atoms with Crippen molar-refractivity contribution in [1.29, 1.82) is 0 Å².